The Bertz CT molecular complexity index is 773. The normalized spacial score (nSPS) is 10.8. The van der Waals surface area contributed by atoms with Gasteiger partial charge in [0, 0.05) is 27.5 Å². The Morgan fingerprint density at radius 1 is 1.40 bits per heavy atom. The second kappa shape index (κ2) is 5.02. The number of thiophene rings is 1. The van der Waals surface area contributed by atoms with Gasteiger partial charge in [-0.1, -0.05) is 18.2 Å². The Labute approximate surface area is 120 Å². The molecule has 0 atom stereocenters. The number of nitrogen functional groups attached to an aromatic ring is 1. The van der Waals surface area contributed by atoms with Crippen LogP contribution >= 0.6 is 11.3 Å². The molecule has 0 saturated heterocycles. The molecule has 3 aromatic rings. The summed E-state index contributed by atoms with van der Waals surface area (Å²) in [6.45, 7) is 2.13. The summed E-state index contributed by atoms with van der Waals surface area (Å²) in [5.41, 5.74) is 8.50. The van der Waals surface area contributed by atoms with Gasteiger partial charge in [0.1, 0.15) is 4.88 Å². The van der Waals surface area contributed by atoms with Crippen LogP contribution in [-0.4, -0.2) is 17.6 Å². The first-order valence-electron chi connectivity index (χ1n) is 6.33. The monoisotopic (exact) mass is 286 g/mol. The number of hydrogen-bond acceptors (Lipinski definition) is 4. The lowest BCUT2D eigenvalue weighted by molar-refractivity contribution is 0.0533. The van der Waals surface area contributed by atoms with E-state index in [1.165, 1.54) is 11.3 Å². The average molecular weight is 286 g/mol. The highest BCUT2D eigenvalue weighted by Gasteiger charge is 2.17. The summed E-state index contributed by atoms with van der Waals surface area (Å²) in [5.74, 6) is -0.360. The molecule has 0 saturated carbocycles. The zero-order valence-corrected chi connectivity index (χ0v) is 11.8. The number of carbonyl (C=O) groups excluding carboxylic acids is 1. The summed E-state index contributed by atoms with van der Waals surface area (Å²) < 4.78 is 5.01. The van der Waals surface area contributed by atoms with E-state index >= 15 is 0 Å². The highest BCUT2D eigenvalue weighted by Crippen LogP contribution is 2.37. The fraction of sp³-hybridized carbons (Fsp3) is 0.133. The third kappa shape index (κ3) is 2.06. The maximum atomic E-state index is 11.8. The molecule has 0 amide bonds. The molecule has 0 aliphatic carbocycles. The molecule has 0 fully saturated rings. The van der Waals surface area contributed by atoms with E-state index in [-0.39, 0.29) is 5.97 Å². The molecule has 4 nitrogen and oxygen atoms in total. The van der Waals surface area contributed by atoms with E-state index in [1.807, 2.05) is 36.5 Å². The number of benzene rings is 1. The summed E-state index contributed by atoms with van der Waals surface area (Å²) in [4.78, 5) is 16.5. The molecular formula is C15H14N2O2S. The van der Waals surface area contributed by atoms with Crippen molar-refractivity contribution in [3.8, 4) is 10.4 Å². The molecule has 0 aliphatic heterocycles. The van der Waals surface area contributed by atoms with Crippen molar-refractivity contribution >= 4 is 33.9 Å². The lowest BCUT2D eigenvalue weighted by Crippen LogP contribution is -2.04. The van der Waals surface area contributed by atoms with E-state index in [9.17, 15) is 4.79 Å². The predicted octanol–water partition coefficient (Wildman–Crippen LogP) is 3.66. The molecule has 102 valence electrons. The van der Waals surface area contributed by atoms with Crippen molar-refractivity contribution in [2.24, 2.45) is 0 Å². The molecule has 0 spiro atoms. The van der Waals surface area contributed by atoms with Crippen molar-refractivity contribution in [3.63, 3.8) is 0 Å². The fourth-order valence-corrected chi connectivity index (χ4v) is 3.17. The molecule has 20 heavy (non-hydrogen) atoms. The predicted molar refractivity (Wildman–Crippen MR) is 82.0 cm³/mol. The number of aromatic nitrogens is 1. The Morgan fingerprint density at radius 2 is 2.20 bits per heavy atom. The molecule has 0 radical (unpaired) electrons. The summed E-state index contributed by atoms with van der Waals surface area (Å²) >= 11 is 1.36. The van der Waals surface area contributed by atoms with Crippen LogP contribution in [0.25, 0.3) is 21.3 Å². The maximum absolute atomic E-state index is 11.8. The highest BCUT2D eigenvalue weighted by atomic mass is 32.1. The summed E-state index contributed by atoms with van der Waals surface area (Å²) in [6.07, 6.45) is 1.94. The Morgan fingerprint density at radius 3 is 3.00 bits per heavy atom. The fourth-order valence-electron chi connectivity index (χ4n) is 2.17. The lowest BCUT2D eigenvalue weighted by Gasteiger charge is -1.98. The van der Waals surface area contributed by atoms with Gasteiger partial charge < -0.3 is 15.5 Å². The minimum Gasteiger partial charge on any atom is -0.462 e. The number of anilines is 1. The average Bonchev–Trinajstić information content (AvgIpc) is 3.02. The summed E-state index contributed by atoms with van der Waals surface area (Å²) in [7, 11) is 0. The minimum absolute atomic E-state index is 0.346. The molecule has 3 N–H and O–H groups in total. The number of H-pyrrole nitrogens is 1. The van der Waals surface area contributed by atoms with Gasteiger partial charge in [-0.05, 0) is 19.1 Å². The SMILES string of the molecule is CCOC(=O)c1sc(-c2c[nH]c3ccccc23)cc1N. The van der Waals surface area contributed by atoms with Crippen LogP contribution in [0.4, 0.5) is 5.69 Å². The molecule has 2 heterocycles. The van der Waals surface area contributed by atoms with Gasteiger partial charge in [0.25, 0.3) is 0 Å². The molecule has 3 rings (SSSR count). The van der Waals surface area contributed by atoms with Crippen LogP contribution < -0.4 is 5.73 Å². The van der Waals surface area contributed by atoms with Crippen LogP contribution in [0.3, 0.4) is 0 Å². The van der Waals surface area contributed by atoms with E-state index in [4.69, 9.17) is 10.5 Å². The largest absolute Gasteiger partial charge is 0.462 e. The Hall–Kier alpha value is -2.27. The number of fused-ring (bicyclic) bond motifs is 1. The van der Waals surface area contributed by atoms with Crippen molar-refractivity contribution in [2.75, 3.05) is 12.3 Å². The summed E-state index contributed by atoms with van der Waals surface area (Å²) in [6, 6.07) is 9.86. The number of hydrogen-bond donors (Lipinski definition) is 2. The number of rotatable bonds is 3. The number of para-hydroxylation sites is 1. The third-order valence-corrected chi connectivity index (χ3v) is 4.24. The van der Waals surface area contributed by atoms with Gasteiger partial charge in [-0.25, -0.2) is 4.79 Å². The van der Waals surface area contributed by atoms with E-state index < -0.39 is 0 Å². The van der Waals surface area contributed by atoms with Gasteiger partial charge in [0.2, 0.25) is 0 Å². The van der Waals surface area contributed by atoms with Crippen molar-refractivity contribution in [3.05, 3.63) is 41.4 Å². The van der Waals surface area contributed by atoms with Crippen LogP contribution in [0.1, 0.15) is 16.6 Å². The van der Waals surface area contributed by atoms with E-state index in [0.29, 0.717) is 17.2 Å². The second-order valence-corrected chi connectivity index (χ2v) is 5.42. The molecule has 5 heteroatoms. The zero-order chi connectivity index (χ0) is 14.1. The van der Waals surface area contributed by atoms with Crippen molar-refractivity contribution in [1.29, 1.82) is 0 Å². The van der Waals surface area contributed by atoms with Gasteiger partial charge >= 0.3 is 5.97 Å². The number of nitrogens with one attached hydrogen (secondary N) is 1. The van der Waals surface area contributed by atoms with Crippen molar-refractivity contribution in [1.82, 2.24) is 4.98 Å². The van der Waals surface area contributed by atoms with E-state index in [1.54, 1.807) is 6.92 Å². The van der Waals surface area contributed by atoms with Crippen LogP contribution in [0.2, 0.25) is 0 Å². The number of nitrogens with two attached hydrogens (primary N) is 1. The second-order valence-electron chi connectivity index (χ2n) is 4.36. The molecular weight excluding hydrogens is 272 g/mol. The maximum Gasteiger partial charge on any atom is 0.350 e. The molecule has 2 aromatic heterocycles. The van der Waals surface area contributed by atoms with Gasteiger partial charge in [-0.2, -0.15) is 0 Å². The number of carbonyl (C=O) groups is 1. The van der Waals surface area contributed by atoms with Gasteiger partial charge in [-0.15, -0.1) is 11.3 Å². The smallest absolute Gasteiger partial charge is 0.350 e. The molecule has 0 aliphatic rings. The van der Waals surface area contributed by atoms with Crippen LogP contribution in [-0.2, 0) is 4.74 Å². The van der Waals surface area contributed by atoms with Crippen molar-refractivity contribution in [2.45, 2.75) is 6.92 Å². The van der Waals surface area contributed by atoms with Crippen LogP contribution in [0, 0.1) is 0 Å². The highest BCUT2D eigenvalue weighted by molar-refractivity contribution is 7.18. The number of aromatic amines is 1. The van der Waals surface area contributed by atoms with E-state index in [0.717, 1.165) is 21.3 Å². The molecule has 0 bridgehead atoms. The lowest BCUT2D eigenvalue weighted by atomic mass is 10.1. The number of esters is 1. The first kappa shape index (κ1) is 12.7. The van der Waals surface area contributed by atoms with Gasteiger partial charge in [0.05, 0.1) is 12.3 Å². The minimum atomic E-state index is -0.360. The van der Waals surface area contributed by atoms with Gasteiger partial charge in [-0.3, -0.25) is 0 Å². The Kier molecular flexibility index (Phi) is 3.20. The quantitative estimate of drug-likeness (QED) is 0.722. The summed E-state index contributed by atoms with van der Waals surface area (Å²) in [5, 5.41) is 1.11. The first-order valence-corrected chi connectivity index (χ1v) is 7.15. The van der Waals surface area contributed by atoms with Crippen LogP contribution in [0.5, 0.6) is 0 Å². The third-order valence-electron chi connectivity index (χ3n) is 3.08. The molecule has 0 unspecified atom stereocenters. The number of ether oxygens (including phenoxy) is 1. The topological polar surface area (TPSA) is 68.1 Å². The zero-order valence-electron chi connectivity index (χ0n) is 11.0. The van der Waals surface area contributed by atoms with Crippen molar-refractivity contribution < 1.29 is 9.53 Å². The molecule has 1 aromatic carbocycles. The first-order chi connectivity index (χ1) is 9.70. The standard InChI is InChI=1S/C15H14N2O2S/c1-2-19-15(18)14-11(16)7-13(20-14)10-8-17-12-6-4-3-5-9(10)12/h3-8,17H,2,16H2,1H3. The van der Waals surface area contributed by atoms with E-state index in [2.05, 4.69) is 4.98 Å². The Balaban J connectivity index is 2.07. The van der Waals surface area contributed by atoms with Crippen LogP contribution in [0.15, 0.2) is 36.5 Å². The van der Waals surface area contributed by atoms with Gasteiger partial charge in [0.15, 0.2) is 0 Å².